The van der Waals surface area contributed by atoms with E-state index in [0.29, 0.717) is 20.1 Å². The molecule has 2 aromatic rings. The lowest BCUT2D eigenvalue weighted by Crippen LogP contribution is -1.90. The molecule has 0 bridgehead atoms. The monoisotopic (exact) mass is 305 g/mol. The van der Waals surface area contributed by atoms with Crippen LogP contribution in [-0.2, 0) is 0 Å². The largest absolute Gasteiger partial charge is 0.355 e. The zero-order valence-corrected chi connectivity index (χ0v) is 11.5. The number of anilines is 2. The van der Waals surface area contributed by atoms with Gasteiger partial charge in [0.15, 0.2) is 0 Å². The van der Waals surface area contributed by atoms with Crippen LogP contribution in [0, 0.1) is 0 Å². The van der Waals surface area contributed by atoms with Crippen molar-refractivity contribution in [2.45, 2.75) is 0 Å². The van der Waals surface area contributed by atoms with Crippen molar-refractivity contribution in [2.24, 2.45) is 0 Å². The third kappa shape index (κ3) is 3.20. The number of rotatable bonds is 2. The Morgan fingerprint density at radius 3 is 1.35 bits per heavy atom. The van der Waals surface area contributed by atoms with Gasteiger partial charge in [-0.05, 0) is 36.4 Å². The van der Waals surface area contributed by atoms with Crippen LogP contribution in [0.1, 0.15) is 0 Å². The smallest absolute Gasteiger partial charge is 0.0612 e. The second-order valence-corrected chi connectivity index (χ2v) is 5.01. The molecule has 2 rings (SSSR count). The Labute approximate surface area is 119 Å². The molecule has 0 aromatic heterocycles. The fourth-order valence-electron chi connectivity index (χ4n) is 1.31. The molecular formula is C12H7Cl4N. The van der Waals surface area contributed by atoms with E-state index in [0.717, 1.165) is 11.4 Å². The van der Waals surface area contributed by atoms with Crippen molar-refractivity contribution < 1.29 is 0 Å². The summed E-state index contributed by atoms with van der Waals surface area (Å²) in [5.74, 6) is 0. The number of halogens is 4. The molecule has 0 saturated carbocycles. The second-order valence-electron chi connectivity index (χ2n) is 3.38. The van der Waals surface area contributed by atoms with E-state index in [1.807, 2.05) is 12.1 Å². The molecular weight excluding hydrogens is 300 g/mol. The van der Waals surface area contributed by atoms with Crippen molar-refractivity contribution in [2.75, 3.05) is 5.32 Å². The van der Waals surface area contributed by atoms with E-state index in [9.17, 15) is 0 Å². The first kappa shape index (κ1) is 12.8. The molecule has 0 aliphatic rings. The van der Waals surface area contributed by atoms with Crippen LogP contribution in [-0.4, -0.2) is 0 Å². The Balaban J connectivity index is 2.25. The first-order valence-electron chi connectivity index (χ1n) is 4.73. The molecule has 0 unspecified atom stereocenters. The number of benzene rings is 2. The molecule has 1 N–H and O–H groups in total. The van der Waals surface area contributed by atoms with E-state index >= 15 is 0 Å². The second kappa shape index (κ2) is 5.36. The highest BCUT2D eigenvalue weighted by Crippen LogP contribution is 2.29. The lowest BCUT2D eigenvalue weighted by Gasteiger charge is -2.08. The van der Waals surface area contributed by atoms with Crippen molar-refractivity contribution in [3.05, 3.63) is 56.5 Å². The van der Waals surface area contributed by atoms with Crippen LogP contribution in [0.2, 0.25) is 20.1 Å². The minimum Gasteiger partial charge on any atom is -0.355 e. The normalized spacial score (nSPS) is 10.4. The van der Waals surface area contributed by atoms with Gasteiger partial charge in [0, 0.05) is 11.4 Å². The van der Waals surface area contributed by atoms with E-state index in [1.54, 1.807) is 24.3 Å². The molecule has 2 aromatic carbocycles. The third-order valence-electron chi connectivity index (χ3n) is 2.13. The molecule has 0 fully saturated rings. The molecule has 0 aliphatic heterocycles. The predicted octanol–water partition coefficient (Wildman–Crippen LogP) is 6.04. The lowest BCUT2D eigenvalue weighted by molar-refractivity contribution is 1.55. The van der Waals surface area contributed by atoms with E-state index in [-0.39, 0.29) is 0 Å². The summed E-state index contributed by atoms with van der Waals surface area (Å²) >= 11 is 23.5. The summed E-state index contributed by atoms with van der Waals surface area (Å²) in [5.41, 5.74) is 1.66. The van der Waals surface area contributed by atoms with E-state index < -0.39 is 0 Å². The molecule has 1 nitrogen and oxygen atoms in total. The maximum atomic E-state index is 5.92. The zero-order valence-electron chi connectivity index (χ0n) is 8.48. The Kier molecular flexibility index (Phi) is 4.05. The van der Waals surface area contributed by atoms with Gasteiger partial charge >= 0.3 is 0 Å². The predicted molar refractivity (Wildman–Crippen MR) is 76.2 cm³/mol. The van der Waals surface area contributed by atoms with Gasteiger partial charge in [-0.1, -0.05) is 46.4 Å². The summed E-state index contributed by atoms with van der Waals surface area (Å²) in [5, 5.41) is 5.19. The minimum absolute atomic E-state index is 0.497. The van der Waals surface area contributed by atoms with E-state index in [1.165, 1.54) is 0 Å². The van der Waals surface area contributed by atoms with Crippen molar-refractivity contribution in [1.29, 1.82) is 0 Å². The maximum absolute atomic E-state index is 5.92. The van der Waals surface area contributed by atoms with Gasteiger partial charge in [0.25, 0.3) is 0 Å². The average molecular weight is 307 g/mol. The summed E-state index contributed by atoms with van der Waals surface area (Å²) in [6, 6.07) is 10.6. The minimum atomic E-state index is 0.497. The quantitative estimate of drug-likeness (QED) is 0.712. The number of hydrogen-bond acceptors (Lipinski definition) is 1. The first-order valence-corrected chi connectivity index (χ1v) is 6.24. The summed E-state index contributed by atoms with van der Waals surface area (Å²) in [6.07, 6.45) is 0. The van der Waals surface area contributed by atoms with E-state index in [4.69, 9.17) is 46.4 Å². The van der Waals surface area contributed by atoms with Crippen molar-refractivity contribution in [1.82, 2.24) is 0 Å². The fraction of sp³-hybridized carbons (Fsp3) is 0. The third-order valence-corrected chi connectivity index (χ3v) is 3.61. The Hall–Kier alpha value is -0.600. The van der Waals surface area contributed by atoms with Gasteiger partial charge in [-0.15, -0.1) is 0 Å². The van der Waals surface area contributed by atoms with Gasteiger partial charge in [-0.25, -0.2) is 0 Å². The Morgan fingerprint density at radius 2 is 1.00 bits per heavy atom. The molecule has 0 saturated heterocycles. The highest BCUT2D eigenvalue weighted by atomic mass is 35.5. The average Bonchev–Trinajstić information content (AvgIpc) is 2.29. The van der Waals surface area contributed by atoms with Gasteiger partial charge in [0.05, 0.1) is 20.1 Å². The molecule has 88 valence electrons. The SMILES string of the molecule is Clc1ccc(Nc2ccc(Cl)c(Cl)c2)cc1Cl. The first-order chi connectivity index (χ1) is 8.06. The molecule has 0 spiro atoms. The fourth-order valence-corrected chi connectivity index (χ4v) is 1.91. The van der Waals surface area contributed by atoms with Crippen molar-refractivity contribution >= 4 is 57.8 Å². The maximum Gasteiger partial charge on any atom is 0.0612 e. The van der Waals surface area contributed by atoms with Gasteiger partial charge in [-0.3, -0.25) is 0 Å². The highest BCUT2D eigenvalue weighted by Gasteiger charge is 2.02. The van der Waals surface area contributed by atoms with Gasteiger partial charge in [0.2, 0.25) is 0 Å². The number of hydrogen-bond donors (Lipinski definition) is 1. The lowest BCUT2D eigenvalue weighted by atomic mass is 10.2. The molecule has 0 aliphatic carbocycles. The van der Waals surface area contributed by atoms with Gasteiger partial charge in [0.1, 0.15) is 0 Å². The van der Waals surface area contributed by atoms with Gasteiger partial charge in [-0.2, -0.15) is 0 Å². The Morgan fingerprint density at radius 1 is 0.588 bits per heavy atom. The van der Waals surface area contributed by atoms with Crippen LogP contribution < -0.4 is 5.32 Å². The van der Waals surface area contributed by atoms with Crippen LogP contribution >= 0.6 is 46.4 Å². The molecule has 0 heterocycles. The number of nitrogens with one attached hydrogen (secondary N) is 1. The molecule has 0 atom stereocenters. The standard InChI is InChI=1S/C12H7Cl4N/c13-9-3-1-7(5-11(9)15)17-8-2-4-10(14)12(16)6-8/h1-6,17H. The van der Waals surface area contributed by atoms with Crippen LogP contribution in [0.3, 0.4) is 0 Å². The Bertz CT molecular complexity index is 505. The molecule has 17 heavy (non-hydrogen) atoms. The summed E-state index contributed by atoms with van der Waals surface area (Å²) in [4.78, 5) is 0. The van der Waals surface area contributed by atoms with E-state index in [2.05, 4.69) is 5.32 Å². The molecule has 5 heteroatoms. The topological polar surface area (TPSA) is 12.0 Å². The van der Waals surface area contributed by atoms with Crippen molar-refractivity contribution in [3.63, 3.8) is 0 Å². The summed E-state index contributed by atoms with van der Waals surface area (Å²) in [6.45, 7) is 0. The van der Waals surface area contributed by atoms with Crippen LogP contribution in [0.4, 0.5) is 11.4 Å². The molecule has 0 amide bonds. The van der Waals surface area contributed by atoms with Crippen molar-refractivity contribution in [3.8, 4) is 0 Å². The summed E-state index contributed by atoms with van der Waals surface area (Å²) in [7, 11) is 0. The highest BCUT2D eigenvalue weighted by molar-refractivity contribution is 6.42. The van der Waals surface area contributed by atoms with Gasteiger partial charge < -0.3 is 5.32 Å². The zero-order chi connectivity index (χ0) is 12.4. The van der Waals surface area contributed by atoms with Crippen LogP contribution in [0.5, 0.6) is 0 Å². The summed E-state index contributed by atoms with van der Waals surface area (Å²) < 4.78 is 0. The van der Waals surface area contributed by atoms with Crippen LogP contribution in [0.25, 0.3) is 0 Å². The van der Waals surface area contributed by atoms with Crippen LogP contribution in [0.15, 0.2) is 36.4 Å². The molecule has 0 radical (unpaired) electrons.